The summed E-state index contributed by atoms with van der Waals surface area (Å²) in [6.45, 7) is 4.50. The minimum atomic E-state index is -2.30. The van der Waals surface area contributed by atoms with Crippen LogP contribution in [-0.2, 0) is 11.3 Å². The molecule has 25 heavy (non-hydrogen) atoms. The van der Waals surface area contributed by atoms with E-state index in [4.69, 9.17) is 4.74 Å². The van der Waals surface area contributed by atoms with Crippen LogP contribution < -0.4 is 5.32 Å². The second-order valence-electron chi connectivity index (χ2n) is 5.81. The van der Waals surface area contributed by atoms with Gasteiger partial charge in [-0.05, 0) is 20.8 Å². The highest BCUT2D eigenvalue weighted by Crippen LogP contribution is 2.29. The van der Waals surface area contributed by atoms with Gasteiger partial charge < -0.3 is 14.6 Å². The smallest absolute Gasteiger partial charge is 0.408 e. The van der Waals surface area contributed by atoms with Gasteiger partial charge in [-0.25, -0.2) is 26.7 Å². The van der Waals surface area contributed by atoms with Crippen LogP contribution in [0.2, 0.25) is 0 Å². The maximum absolute atomic E-state index is 13.7. The number of carbonyl (C=O) groups is 1. The molecular formula is C14H12F5N3O3. The van der Waals surface area contributed by atoms with Crippen LogP contribution in [0.5, 0.6) is 0 Å². The molecule has 0 unspecified atom stereocenters. The number of aromatic nitrogens is 2. The zero-order valence-corrected chi connectivity index (χ0v) is 13.2. The molecule has 0 bridgehead atoms. The van der Waals surface area contributed by atoms with E-state index in [0.717, 1.165) is 0 Å². The Morgan fingerprint density at radius 2 is 1.56 bits per heavy atom. The predicted octanol–water partition coefficient (Wildman–Crippen LogP) is 3.46. The van der Waals surface area contributed by atoms with Crippen molar-refractivity contribution in [1.29, 1.82) is 0 Å². The molecule has 2 rings (SSSR count). The van der Waals surface area contributed by atoms with Crippen molar-refractivity contribution in [3.8, 4) is 11.4 Å². The van der Waals surface area contributed by atoms with E-state index in [1.165, 1.54) is 0 Å². The fourth-order valence-electron chi connectivity index (χ4n) is 1.69. The van der Waals surface area contributed by atoms with Crippen LogP contribution in [0.25, 0.3) is 11.4 Å². The maximum Gasteiger partial charge on any atom is 0.408 e. The average Bonchev–Trinajstić information content (AvgIpc) is 2.96. The predicted molar refractivity (Wildman–Crippen MR) is 72.6 cm³/mol. The lowest BCUT2D eigenvalue weighted by molar-refractivity contribution is 0.0518. The summed E-state index contributed by atoms with van der Waals surface area (Å²) < 4.78 is 76.3. The molecule has 0 saturated heterocycles. The summed E-state index contributed by atoms with van der Waals surface area (Å²) in [4.78, 5) is 15.0. The van der Waals surface area contributed by atoms with Gasteiger partial charge in [0.2, 0.25) is 17.5 Å². The number of hydrogen-bond acceptors (Lipinski definition) is 5. The fraction of sp³-hybridized carbons (Fsp3) is 0.357. The van der Waals surface area contributed by atoms with Crippen molar-refractivity contribution in [2.24, 2.45) is 0 Å². The minimum Gasteiger partial charge on any atom is -0.444 e. The number of halogens is 5. The van der Waals surface area contributed by atoms with Crippen LogP contribution in [0.15, 0.2) is 4.52 Å². The first-order chi connectivity index (χ1) is 11.5. The highest BCUT2D eigenvalue weighted by atomic mass is 19.2. The highest BCUT2D eigenvalue weighted by Gasteiger charge is 2.29. The molecule has 0 saturated carbocycles. The van der Waals surface area contributed by atoms with Gasteiger partial charge in [0.1, 0.15) is 17.7 Å². The Kier molecular flexibility index (Phi) is 4.95. The van der Waals surface area contributed by atoms with Crippen LogP contribution in [0.4, 0.5) is 26.7 Å². The SMILES string of the molecule is CC(C)(C)OC(=O)NCc1nc(-c2c(F)c(F)c(F)c(F)c2F)no1. The van der Waals surface area contributed by atoms with E-state index in [2.05, 4.69) is 20.0 Å². The lowest BCUT2D eigenvalue weighted by Crippen LogP contribution is -2.32. The van der Waals surface area contributed by atoms with Crippen molar-refractivity contribution >= 4 is 6.09 Å². The molecule has 0 fully saturated rings. The summed E-state index contributed by atoms with van der Waals surface area (Å²) in [6.07, 6.45) is -0.830. The highest BCUT2D eigenvalue weighted by molar-refractivity contribution is 5.67. The Labute approximate surface area is 138 Å². The molecule has 1 aromatic heterocycles. The number of alkyl carbamates (subject to hydrolysis) is 1. The van der Waals surface area contributed by atoms with Crippen molar-refractivity contribution in [3.63, 3.8) is 0 Å². The van der Waals surface area contributed by atoms with Crippen molar-refractivity contribution in [1.82, 2.24) is 15.5 Å². The third kappa shape index (κ3) is 4.03. The zero-order chi connectivity index (χ0) is 18.9. The van der Waals surface area contributed by atoms with E-state index < -0.39 is 52.2 Å². The Balaban J connectivity index is 2.21. The first-order valence-electron chi connectivity index (χ1n) is 6.82. The molecule has 1 N–H and O–H groups in total. The molecule has 1 heterocycles. The van der Waals surface area contributed by atoms with E-state index in [1.807, 2.05) is 0 Å². The number of amides is 1. The number of hydrogen-bond donors (Lipinski definition) is 1. The Bertz CT molecular complexity index is 788. The third-order valence-corrected chi connectivity index (χ3v) is 2.68. The van der Waals surface area contributed by atoms with Crippen LogP contribution in [0.3, 0.4) is 0 Å². The normalized spacial score (nSPS) is 11.5. The van der Waals surface area contributed by atoms with Gasteiger partial charge in [0.05, 0.1) is 0 Å². The van der Waals surface area contributed by atoms with E-state index in [1.54, 1.807) is 20.8 Å². The Morgan fingerprint density at radius 1 is 1.04 bits per heavy atom. The van der Waals surface area contributed by atoms with Gasteiger partial charge in [-0.3, -0.25) is 0 Å². The number of rotatable bonds is 3. The summed E-state index contributed by atoms with van der Waals surface area (Å²) in [5.41, 5.74) is -2.09. The van der Waals surface area contributed by atoms with Crippen molar-refractivity contribution < 1.29 is 36.0 Å². The largest absolute Gasteiger partial charge is 0.444 e. The summed E-state index contributed by atoms with van der Waals surface area (Å²) in [6, 6.07) is 0. The lowest BCUT2D eigenvalue weighted by atomic mass is 10.1. The quantitative estimate of drug-likeness (QED) is 0.512. The lowest BCUT2D eigenvalue weighted by Gasteiger charge is -2.19. The molecule has 6 nitrogen and oxygen atoms in total. The molecular weight excluding hydrogens is 353 g/mol. The molecule has 0 aliphatic carbocycles. The van der Waals surface area contributed by atoms with Crippen molar-refractivity contribution in [2.75, 3.05) is 0 Å². The van der Waals surface area contributed by atoms with Gasteiger partial charge in [-0.2, -0.15) is 4.98 Å². The average molecular weight is 365 g/mol. The Morgan fingerprint density at radius 3 is 2.08 bits per heavy atom. The van der Waals surface area contributed by atoms with E-state index in [9.17, 15) is 26.7 Å². The van der Waals surface area contributed by atoms with Crippen LogP contribution in [0.1, 0.15) is 26.7 Å². The molecule has 0 atom stereocenters. The van der Waals surface area contributed by atoms with Crippen molar-refractivity contribution in [3.05, 3.63) is 35.0 Å². The summed E-state index contributed by atoms with van der Waals surface area (Å²) >= 11 is 0. The maximum atomic E-state index is 13.7. The minimum absolute atomic E-state index is 0.329. The Hall–Kier alpha value is -2.72. The zero-order valence-electron chi connectivity index (χ0n) is 13.2. The second kappa shape index (κ2) is 6.65. The summed E-state index contributed by atoms with van der Waals surface area (Å²) in [5, 5.41) is 5.39. The third-order valence-electron chi connectivity index (χ3n) is 2.68. The van der Waals surface area contributed by atoms with Crippen LogP contribution in [-0.4, -0.2) is 21.8 Å². The van der Waals surface area contributed by atoms with Gasteiger partial charge in [-0.15, -0.1) is 0 Å². The summed E-state index contributed by atoms with van der Waals surface area (Å²) in [5.74, 6) is -11.9. The van der Waals surface area contributed by atoms with E-state index >= 15 is 0 Å². The fourth-order valence-corrected chi connectivity index (χ4v) is 1.69. The number of ether oxygens (including phenoxy) is 1. The van der Waals surface area contributed by atoms with E-state index in [-0.39, 0.29) is 12.4 Å². The first-order valence-corrected chi connectivity index (χ1v) is 6.82. The molecule has 0 aliphatic rings. The molecule has 11 heteroatoms. The van der Waals surface area contributed by atoms with Gasteiger partial charge in [0.25, 0.3) is 0 Å². The number of carbonyl (C=O) groups excluding carboxylic acids is 1. The van der Waals surface area contributed by atoms with Gasteiger partial charge in [0, 0.05) is 0 Å². The molecule has 136 valence electrons. The molecule has 0 radical (unpaired) electrons. The summed E-state index contributed by atoms with van der Waals surface area (Å²) in [7, 11) is 0. The molecule has 2 aromatic rings. The standard InChI is InChI=1S/C14H12F5N3O3/c1-14(2,3)24-13(23)20-4-5-21-12(22-25-5)6-7(15)9(17)11(19)10(18)8(6)16/h4H2,1-3H3,(H,20,23). The number of nitrogens with one attached hydrogen (secondary N) is 1. The van der Waals surface area contributed by atoms with E-state index in [0.29, 0.717) is 0 Å². The van der Waals surface area contributed by atoms with Crippen molar-refractivity contribution in [2.45, 2.75) is 32.9 Å². The molecule has 0 aliphatic heterocycles. The molecule has 0 spiro atoms. The first kappa shape index (κ1) is 18.6. The van der Waals surface area contributed by atoms with Gasteiger partial charge in [0.15, 0.2) is 23.3 Å². The van der Waals surface area contributed by atoms with Crippen LogP contribution >= 0.6 is 0 Å². The molecule has 1 aromatic carbocycles. The number of benzene rings is 1. The van der Waals surface area contributed by atoms with Crippen LogP contribution in [0, 0.1) is 29.1 Å². The van der Waals surface area contributed by atoms with Gasteiger partial charge >= 0.3 is 6.09 Å². The molecule has 1 amide bonds. The van der Waals surface area contributed by atoms with Gasteiger partial charge in [-0.1, -0.05) is 5.16 Å². The number of nitrogens with zero attached hydrogens (tertiary/aromatic N) is 2. The second-order valence-corrected chi connectivity index (χ2v) is 5.81. The topological polar surface area (TPSA) is 77.2 Å². The monoisotopic (exact) mass is 365 g/mol.